The minimum absolute atomic E-state index is 0.00592. The van der Waals surface area contributed by atoms with Gasteiger partial charge < -0.3 is 4.74 Å². The molecular formula is C15H12BrN3O4. The normalized spacial score (nSPS) is 10.5. The van der Waals surface area contributed by atoms with Crippen LogP contribution in [0.4, 0.5) is 5.69 Å². The van der Waals surface area contributed by atoms with Gasteiger partial charge in [0.2, 0.25) is 0 Å². The summed E-state index contributed by atoms with van der Waals surface area (Å²) in [5, 5.41) is 14.3. The van der Waals surface area contributed by atoms with Gasteiger partial charge in [0.05, 0.1) is 11.1 Å². The summed E-state index contributed by atoms with van der Waals surface area (Å²) < 4.78 is 6.16. The topological polar surface area (TPSA) is 93.8 Å². The van der Waals surface area contributed by atoms with Crippen molar-refractivity contribution in [2.45, 2.75) is 0 Å². The maximum atomic E-state index is 11.6. The molecule has 0 atom stereocenters. The molecule has 1 N–H and O–H groups in total. The number of nitrogens with zero attached hydrogens (tertiary/aromatic N) is 2. The molecule has 23 heavy (non-hydrogen) atoms. The summed E-state index contributed by atoms with van der Waals surface area (Å²) in [6, 6.07) is 12.9. The Balaban J connectivity index is 1.80. The Bertz CT molecular complexity index is 732. The Labute approximate surface area is 140 Å². The van der Waals surface area contributed by atoms with E-state index in [4.69, 9.17) is 4.74 Å². The number of carbonyl (C=O) groups is 1. The third kappa shape index (κ3) is 5.51. The van der Waals surface area contributed by atoms with Gasteiger partial charge in [-0.1, -0.05) is 22.0 Å². The van der Waals surface area contributed by atoms with Crippen molar-refractivity contribution in [2.75, 3.05) is 6.61 Å². The second-order valence-corrected chi connectivity index (χ2v) is 5.30. The lowest BCUT2D eigenvalue weighted by Crippen LogP contribution is -2.24. The van der Waals surface area contributed by atoms with Crippen LogP contribution in [0.2, 0.25) is 0 Å². The number of nitro benzene ring substituents is 1. The number of amides is 1. The van der Waals surface area contributed by atoms with Gasteiger partial charge in [0.15, 0.2) is 6.61 Å². The Morgan fingerprint density at radius 1 is 1.30 bits per heavy atom. The smallest absolute Gasteiger partial charge is 0.277 e. The van der Waals surface area contributed by atoms with Gasteiger partial charge in [0.25, 0.3) is 11.6 Å². The number of halogens is 1. The van der Waals surface area contributed by atoms with Crippen molar-refractivity contribution in [3.8, 4) is 5.75 Å². The third-order valence-corrected chi connectivity index (χ3v) is 3.17. The van der Waals surface area contributed by atoms with E-state index in [1.807, 2.05) is 6.07 Å². The highest BCUT2D eigenvalue weighted by molar-refractivity contribution is 9.10. The second-order valence-electron chi connectivity index (χ2n) is 4.39. The van der Waals surface area contributed by atoms with E-state index in [2.05, 4.69) is 26.5 Å². The largest absolute Gasteiger partial charge is 0.484 e. The first-order valence-corrected chi connectivity index (χ1v) is 7.28. The summed E-state index contributed by atoms with van der Waals surface area (Å²) in [5.74, 6) is 0.150. The molecular weight excluding hydrogens is 366 g/mol. The lowest BCUT2D eigenvalue weighted by atomic mass is 10.2. The minimum atomic E-state index is -0.484. The zero-order chi connectivity index (χ0) is 16.7. The van der Waals surface area contributed by atoms with Gasteiger partial charge in [-0.05, 0) is 35.9 Å². The van der Waals surface area contributed by atoms with Crippen molar-refractivity contribution in [2.24, 2.45) is 5.10 Å². The molecule has 7 nitrogen and oxygen atoms in total. The van der Waals surface area contributed by atoms with E-state index < -0.39 is 10.8 Å². The van der Waals surface area contributed by atoms with Crippen molar-refractivity contribution in [3.05, 3.63) is 68.7 Å². The van der Waals surface area contributed by atoms with Crippen molar-refractivity contribution in [1.29, 1.82) is 0 Å². The number of hydrazone groups is 1. The zero-order valence-electron chi connectivity index (χ0n) is 11.8. The summed E-state index contributed by atoms with van der Waals surface area (Å²) in [4.78, 5) is 21.6. The fraction of sp³-hybridized carbons (Fsp3) is 0.0667. The van der Waals surface area contributed by atoms with Gasteiger partial charge in [-0.25, -0.2) is 5.43 Å². The molecule has 2 aromatic carbocycles. The predicted octanol–water partition coefficient (Wildman–Crippen LogP) is 2.89. The molecule has 0 aliphatic carbocycles. The lowest BCUT2D eigenvalue weighted by Gasteiger charge is -2.04. The highest BCUT2D eigenvalue weighted by atomic mass is 79.9. The molecule has 0 radical (unpaired) electrons. The number of nitrogens with one attached hydrogen (secondary N) is 1. The van der Waals surface area contributed by atoms with E-state index in [0.29, 0.717) is 11.3 Å². The molecule has 0 spiro atoms. The van der Waals surface area contributed by atoms with Crippen LogP contribution in [0.15, 0.2) is 58.1 Å². The molecule has 0 aliphatic rings. The maximum Gasteiger partial charge on any atom is 0.277 e. The molecule has 0 fully saturated rings. The number of non-ortho nitro benzene ring substituents is 1. The molecule has 0 saturated carbocycles. The lowest BCUT2D eigenvalue weighted by molar-refractivity contribution is -0.384. The third-order valence-electron chi connectivity index (χ3n) is 2.67. The maximum absolute atomic E-state index is 11.6. The Kier molecular flexibility index (Phi) is 5.81. The molecule has 0 saturated heterocycles. The van der Waals surface area contributed by atoms with Crippen molar-refractivity contribution < 1.29 is 14.5 Å². The highest BCUT2D eigenvalue weighted by Crippen LogP contribution is 2.17. The van der Waals surface area contributed by atoms with E-state index in [9.17, 15) is 14.9 Å². The Hall–Kier alpha value is -2.74. The molecule has 118 valence electrons. The number of benzene rings is 2. The molecule has 2 rings (SSSR count). The molecule has 1 amide bonds. The molecule has 0 heterocycles. The molecule has 8 heteroatoms. The van der Waals surface area contributed by atoms with Gasteiger partial charge in [-0.15, -0.1) is 0 Å². The Morgan fingerprint density at radius 2 is 2.04 bits per heavy atom. The molecule has 0 bridgehead atoms. The van der Waals surface area contributed by atoms with Crippen molar-refractivity contribution in [1.82, 2.24) is 5.43 Å². The average Bonchev–Trinajstić information content (AvgIpc) is 2.53. The number of rotatable bonds is 6. The monoisotopic (exact) mass is 377 g/mol. The standard InChI is InChI=1S/C15H12BrN3O4/c16-12-2-1-3-14(8-12)23-10-15(20)18-17-9-11-4-6-13(7-5-11)19(21)22/h1-9H,10H2,(H,18,20)/b17-9+. The summed E-state index contributed by atoms with van der Waals surface area (Å²) >= 11 is 3.30. The van der Waals surface area contributed by atoms with Crippen LogP contribution in [0, 0.1) is 10.1 Å². The van der Waals surface area contributed by atoms with Gasteiger partial charge in [0.1, 0.15) is 5.75 Å². The van der Waals surface area contributed by atoms with Crippen LogP contribution in [-0.4, -0.2) is 23.7 Å². The van der Waals surface area contributed by atoms with E-state index in [1.165, 1.54) is 30.5 Å². The zero-order valence-corrected chi connectivity index (χ0v) is 13.4. The number of carbonyl (C=O) groups excluding carboxylic acids is 1. The fourth-order valence-corrected chi connectivity index (χ4v) is 1.98. The second kappa shape index (κ2) is 8.04. The first kappa shape index (κ1) is 16.6. The summed E-state index contributed by atoms with van der Waals surface area (Å²) in [6.45, 7) is -0.173. The number of ether oxygens (including phenoxy) is 1. The summed E-state index contributed by atoms with van der Waals surface area (Å²) in [6.07, 6.45) is 1.39. The Morgan fingerprint density at radius 3 is 2.70 bits per heavy atom. The van der Waals surface area contributed by atoms with E-state index in [0.717, 1.165) is 4.47 Å². The van der Waals surface area contributed by atoms with Gasteiger partial charge in [-0.3, -0.25) is 14.9 Å². The van der Waals surface area contributed by atoms with E-state index in [-0.39, 0.29) is 12.3 Å². The minimum Gasteiger partial charge on any atom is -0.484 e. The molecule has 0 unspecified atom stereocenters. The molecule has 2 aromatic rings. The quantitative estimate of drug-likeness (QED) is 0.475. The van der Waals surface area contributed by atoms with Gasteiger partial charge >= 0.3 is 0 Å². The number of hydrogen-bond acceptors (Lipinski definition) is 5. The van der Waals surface area contributed by atoms with E-state index >= 15 is 0 Å². The molecule has 0 aliphatic heterocycles. The van der Waals surface area contributed by atoms with Crippen molar-refractivity contribution >= 4 is 33.7 Å². The average molecular weight is 378 g/mol. The van der Waals surface area contributed by atoms with Crippen LogP contribution in [0.25, 0.3) is 0 Å². The first-order valence-electron chi connectivity index (χ1n) is 6.49. The highest BCUT2D eigenvalue weighted by Gasteiger charge is 2.03. The predicted molar refractivity (Wildman–Crippen MR) is 88.5 cm³/mol. The van der Waals surface area contributed by atoms with E-state index in [1.54, 1.807) is 18.2 Å². The van der Waals surface area contributed by atoms with Crippen molar-refractivity contribution in [3.63, 3.8) is 0 Å². The number of hydrogen-bond donors (Lipinski definition) is 1. The summed E-state index contributed by atoms with van der Waals surface area (Å²) in [5.41, 5.74) is 2.94. The number of nitro groups is 1. The summed E-state index contributed by atoms with van der Waals surface area (Å²) in [7, 11) is 0. The van der Waals surface area contributed by atoms with Crippen LogP contribution < -0.4 is 10.2 Å². The van der Waals surface area contributed by atoms with Crippen LogP contribution in [0.1, 0.15) is 5.56 Å². The SMILES string of the molecule is O=C(COc1cccc(Br)c1)N/N=C/c1ccc([N+](=O)[O-])cc1. The first-order chi connectivity index (χ1) is 11.0. The van der Waals surface area contributed by atoms with Crippen LogP contribution >= 0.6 is 15.9 Å². The van der Waals surface area contributed by atoms with Crippen LogP contribution in [0.3, 0.4) is 0 Å². The fourth-order valence-electron chi connectivity index (χ4n) is 1.60. The van der Waals surface area contributed by atoms with Crippen LogP contribution in [-0.2, 0) is 4.79 Å². The van der Waals surface area contributed by atoms with Crippen LogP contribution in [0.5, 0.6) is 5.75 Å². The molecule has 0 aromatic heterocycles. The van der Waals surface area contributed by atoms with Gasteiger partial charge in [0, 0.05) is 16.6 Å². The van der Waals surface area contributed by atoms with Gasteiger partial charge in [-0.2, -0.15) is 5.10 Å².